The lowest BCUT2D eigenvalue weighted by Crippen LogP contribution is -2.56. The van der Waals surface area contributed by atoms with Crippen molar-refractivity contribution in [2.45, 2.75) is 56.4 Å². The van der Waals surface area contributed by atoms with Gasteiger partial charge >= 0.3 is 5.97 Å². The number of rotatable bonds is 8. The largest absolute Gasteiger partial charge is 0.495 e. The Labute approximate surface area is 201 Å². The van der Waals surface area contributed by atoms with Crippen molar-refractivity contribution in [1.29, 1.82) is 0 Å². The molecule has 0 radical (unpaired) electrons. The number of methoxy groups -OCH3 is 1. The highest BCUT2D eigenvalue weighted by Gasteiger charge is 2.42. The van der Waals surface area contributed by atoms with Crippen molar-refractivity contribution in [2.24, 2.45) is 0 Å². The van der Waals surface area contributed by atoms with Crippen LogP contribution in [-0.4, -0.2) is 46.6 Å². The number of hydrogen-bond acceptors (Lipinski definition) is 6. The van der Waals surface area contributed by atoms with Crippen LogP contribution in [0.15, 0.2) is 47.4 Å². The molecule has 2 aromatic rings. The molecule has 34 heavy (non-hydrogen) atoms. The summed E-state index contributed by atoms with van der Waals surface area (Å²) >= 11 is 0. The fourth-order valence-electron chi connectivity index (χ4n) is 4.27. The first kappa shape index (κ1) is 25.6. The van der Waals surface area contributed by atoms with Gasteiger partial charge in [0.1, 0.15) is 11.3 Å². The number of nitrogens with zero attached hydrogens (tertiary/aromatic N) is 1. The molecule has 3 rings (SSSR count). The van der Waals surface area contributed by atoms with Crippen molar-refractivity contribution in [3.05, 3.63) is 53.6 Å². The Morgan fingerprint density at radius 2 is 1.76 bits per heavy atom. The second-order valence-electron chi connectivity index (χ2n) is 8.44. The smallest absolute Gasteiger partial charge is 0.331 e. The third kappa shape index (κ3) is 5.04. The number of amides is 1. The number of aryl methyl sites for hydroxylation is 1. The average molecular weight is 489 g/mol. The molecule has 0 aliphatic heterocycles. The first-order valence-electron chi connectivity index (χ1n) is 11.4. The van der Waals surface area contributed by atoms with Gasteiger partial charge < -0.3 is 14.8 Å². The minimum absolute atomic E-state index is 0.0366. The highest BCUT2D eigenvalue weighted by Crippen LogP contribution is 2.32. The molecule has 0 atom stereocenters. The monoisotopic (exact) mass is 488 g/mol. The van der Waals surface area contributed by atoms with Gasteiger partial charge in [0.15, 0.2) is 0 Å². The third-order valence-corrected chi connectivity index (χ3v) is 8.03. The number of hydrogen-bond donors (Lipinski definition) is 1. The predicted octanol–water partition coefficient (Wildman–Crippen LogP) is 3.82. The SMILES string of the molecule is CCOC(=O)C1(NC(=O)c2cc(S(=O)(=O)N(C)c3ccccc3OC)ccc2C)CCCCC1. The maximum atomic E-state index is 13.4. The van der Waals surface area contributed by atoms with E-state index in [2.05, 4.69) is 5.32 Å². The van der Waals surface area contributed by atoms with E-state index in [1.165, 1.54) is 26.3 Å². The minimum atomic E-state index is -3.99. The fourth-order valence-corrected chi connectivity index (χ4v) is 5.51. The molecule has 8 nitrogen and oxygen atoms in total. The Hall–Kier alpha value is -3.07. The Bertz CT molecular complexity index is 1160. The summed E-state index contributed by atoms with van der Waals surface area (Å²) in [6.45, 7) is 3.68. The lowest BCUT2D eigenvalue weighted by Gasteiger charge is -2.35. The van der Waals surface area contributed by atoms with Gasteiger partial charge in [-0.25, -0.2) is 13.2 Å². The van der Waals surface area contributed by atoms with Gasteiger partial charge in [0.05, 0.1) is 24.3 Å². The van der Waals surface area contributed by atoms with Gasteiger partial charge in [-0.05, 0) is 56.5 Å². The molecule has 0 saturated heterocycles. The quantitative estimate of drug-likeness (QED) is 0.567. The number of carbonyl (C=O) groups is 2. The molecule has 1 aliphatic rings. The Morgan fingerprint density at radius 1 is 1.09 bits per heavy atom. The van der Waals surface area contributed by atoms with Crippen LogP contribution in [0.1, 0.15) is 54.9 Å². The summed E-state index contributed by atoms with van der Waals surface area (Å²) in [7, 11) is -1.08. The molecular formula is C25H32N2O6S. The normalized spacial score (nSPS) is 15.3. The second kappa shape index (κ2) is 10.5. The molecule has 9 heteroatoms. The lowest BCUT2D eigenvalue weighted by molar-refractivity contribution is -0.152. The van der Waals surface area contributed by atoms with Crippen molar-refractivity contribution in [2.75, 3.05) is 25.1 Å². The van der Waals surface area contributed by atoms with Crippen LogP contribution in [-0.2, 0) is 19.6 Å². The summed E-state index contributed by atoms with van der Waals surface area (Å²) in [5.41, 5.74) is 0.0796. The van der Waals surface area contributed by atoms with Gasteiger partial charge in [-0.3, -0.25) is 9.10 Å². The average Bonchev–Trinajstić information content (AvgIpc) is 2.84. The maximum absolute atomic E-state index is 13.4. The first-order chi connectivity index (χ1) is 16.2. The van der Waals surface area contributed by atoms with E-state index in [4.69, 9.17) is 9.47 Å². The van der Waals surface area contributed by atoms with Gasteiger partial charge in [-0.2, -0.15) is 0 Å². The summed E-state index contributed by atoms with van der Waals surface area (Å²) < 4.78 is 38.5. The highest BCUT2D eigenvalue weighted by molar-refractivity contribution is 7.92. The summed E-state index contributed by atoms with van der Waals surface area (Å²) in [5, 5.41) is 2.89. The van der Waals surface area contributed by atoms with Crippen LogP contribution in [0, 0.1) is 6.92 Å². The lowest BCUT2D eigenvalue weighted by atomic mass is 9.81. The van der Waals surface area contributed by atoms with E-state index in [0.29, 0.717) is 29.8 Å². The summed E-state index contributed by atoms with van der Waals surface area (Å²) in [4.78, 5) is 26.0. The predicted molar refractivity (Wildman–Crippen MR) is 130 cm³/mol. The number of anilines is 1. The third-order valence-electron chi connectivity index (χ3n) is 6.26. The van der Waals surface area contributed by atoms with Crippen LogP contribution < -0.4 is 14.4 Å². The number of benzene rings is 2. The van der Waals surface area contributed by atoms with E-state index >= 15 is 0 Å². The molecule has 184 valence electrons. The maximum Gasteiger partial charge on any atom is 0.331 e. The summed E-state index contributed by atoms with van der Waals surface area (Å²) in [6.07, 6.45) is 3.57. The van der Waals surface area contributed by atoms with Crippen molar-refractivity contribution < 1.29 is 27.5 Å². The number of nitrogens with one attached hydrogen (secondary N) is 1. The van der Waals surface area contributed by atoms with E-state index in [9.17, 15) is 18.0 Å². The molecule has 1 aliphatic carbocycles. The molecule has 0 bridgehead atoms. The Kier molecular flexibility index (Phi) is 7.86. The van der Waals surface area contributed by atoms with Crippen molar-refractivity contribution in [3.63, 3.8) is 0 Å². The first-order valence-corrected chi connectivity index (χ1v) is 12.8. The molecule has 2 aromatic carbocycles. The van der Waals surface area contributed by atoms with E-state index in [0.717, 1.165) is 23.6 Å². The number of sulfonamides is 1. The Morgan fingerprint density at radius 3 is 2.41 bits per heavy atom. The van der Waals surface area contributed by atoms with Crippen LogP contribution in [0.5, 0.6) is 5.75 Å². The molecule has 0 aromatic heterocycles. The Balaban J connectivity index is 1.95. The zero-order valence-corrected chi connectivity index (χ0v) is 20.9. The second-order valence-corrected chi connectivity index (χ2v) is 10.4. The van der Waals surface area contributed by atoms with Crippen molar-refractivity contribution >= 4 is 27.6 Å². The van der Waals surface area contributed by atoms with E-state index in [1.807, 2.05) is 0 Å². The van der Waals surface area contributed by atoms with Gasteiger partial charge in [0.2, 0.25) is 0 Å². The van der Waals surface area contributed by atoms with E-state index in [-0.39, 0.29) is 17.1 Å². The van der Waals surface area contributed by atoms with Crippen molar-refractivity contribution in [1.82, 2.24) is 5.32 Å². The number of esters is 1. The minimum Gasteiger partial charge on any atom is -0.495 e. The molecule has 0 unspecified atom stereocenters. The van der Waals surface area contributed by atoms with Gasteiger partial charge in [-0.1, -0.05) is 37.5 Å². The van der Waals surface area contributed by atoms with Crippen LogP contribution in [0.2, 0.25) is 0 Å². The molecule has 1 amide bonds. The molecule has 0 heterocycles. The van der Waals surface area contributed by atoms with E-state index < -0.39 is 27.4 Å². The van der Waals surface area contributed by atoms with Crippen LogP contribution in [0.25, 0.3) is 0 Å². The van der Waals surface area contributed by atoms with E-state index in [1.54, 1.807) is 44.2 Å². The number of ether oxygens (including phenoxy) is 2. The van der Waals surface area contributed by atoms with Crippen LogP contribution in [0.4, 0.5) is 5.69 Å². The summed E-state index contributed by atoms with van der Waals surface area (Å²) in [6, 6.07) is 11.2. The topological polar surface area (TPSA) is 102 Å². The standard InChI is InChI=1S/C25H32N2O6S/c1-5-33-24(29)25(15-9-6-10-16-25)26-23(28)20-17-19(14-13-18(20)2)34(30,31)27(3)21-11-7-8-12-22(21)32-4/h7-8,11-14,17H,5-6,9-10,15-16H2,1-4H3,(H,26,28). The summed E-state index contributed by atoms with van der Waals surface area (Å²) in [5.74, 6) is -0.530. The molecule has 0 spiro atoms. The van der Waals surface area contributed by atoms with Gasteiger partial charge in [0, 0.05) is 12.6 Å². The molecule has 1 saturated carbocycles. The zero-order chi connectivity index (χ0) is 24.9. The zero-order valence-electron chi connectivity index (χ0n) is 20.1. The van der Waals surface area contributed by atoms with Crippen LogP contribution >= 0.6 is 0 Å². The molecule has 1 fully saturated rings. The van der Waals surface area contributed by atoms with Gasteiger partial charge in [-0.15, -0.1) is 0 Å². The molecular weight excluding hydrogens is 456 g/mol. The van der Waals surface area contributed by atoms with Crippen molar-refractivity contribution in [3.8, 4) is 5.75 Å². The highest BCUT2D eigenvalue weighted by atomic mass is 32.2. The molecule has 1 N–H and O–H groups in total. The number of carbonyl (C=O) groups excluding carboxylic acids is 2. The number of para-hydroxylation sites is 2. The van der Waals surface area contributed by atoms with Crippen LogP contribution in [0.3, 0.4) is 0 Å². The fraction of sp³-hybridized carbons (Fsp3) is 0.440. The van der Waals surface area contributed by atoms with Gasteiger partial charge in [0.25, 0.3) is 15.9 Å².